The van der Waals surface area contributed by atoms with Gasteiger partial charge in [0.05, 0.1) is 25.3 Å². The van der Waals surface area contributed by atoms with Crippen molar-refractivity contribution in [1.29, 1.82) is 0 Å². The van der Waals surface area contributed by atoms with Crippen LogP contribution >= 0.6 is 0 Å². The van der Waals surface area contributed by atoms with Crippen LogP contribution in [-0.2, 0) is 20.4 Å². The van der Waals surface area contributed by atoms with Crippen LogP contribution in [-0.4, -0.2) is 30.6 Å². The van der Waals surface area contributed by atoms with Gasteiger partial charge in [-0.2, -0.15) is 0 Å². The molecular weight excluding hydrogens is 516 g/mol. The number of carbonyl (C=O) groups is 2. The summed E-state index contributed by atoms with van der Waals surface area (Å²) >= 11 is 0. The van der Waals surface area contributed by atoms with E-state index >= 15 is 0 Å². The van der Waals surface area contributed by atoms with E-state index in [0.29, 0.717) is 28.4 Å². The fourth-order valence-corrected chi connectivity index (χ4v) is 4.41. The molecule has 3 rings (SSSR count). The monoisotopic (exact) mass is 560 g/mol. The number of benzene rings is 3. The number of hydrogen-bond acceptors (Lipinski definition) is 5. The van der Waals surface area contributed by atoms with Crippen LogP contribution in [0.4, 0.5) is 11.4 Å². The number of ether oxygens (including phenoxy) is 2. The van der Waals surface area contributed by atoms with Gasteiger partial charge >= 0.3 is 0 Å². The Bertz CT molecular complexity index is 1350. The van der Waals surface area contributed by atoms with Gasteiger partial charge in [0, 0.05) is 11.3 Å². The Kier molecular flexibility index (Phi) is 10.6. The fourth-order valence-electron chi connectivity index (χ4n) is 4.41. The first-order valence-electron chi connectivity index (χ1n) is 14.2. The fraction of sp³-hybridized carbons (Fsp3) is 0.412. The Morgan fingerprint density at radius 3 is 2.22 bits per heavy atom. The molecule has 0 heterocycles. The maximum Gasteiger partial charge on any atom is 0.262 e. The van der Waals surface area contributed by atoms with E-state index in [2.05, 4.69) is 64.3 Å². The topological polar surface area (TPSA) is 96.9 Å². The summed E-state index contributed by atoms with van der Waals surface area (Å²) < 4.78 is 11.3. The van der Waals surface area contributed by atoms with Crippen LogP contribution in [0.3, 0.4) is 0 Å². The van der Waals surface area contributed by atoms with Crippen molar-refractivity contribution in [1.82, 2.24) is 0 Å². The lowest BCUT2D eigenvalue weighted by Gasteiger charge is -2.30. The first kappa shape index (κ1) is 31.7. The van der Waals surface area contributed by atoms with Gasteiger partial charge in [0.1, 0.15) is 11.5 Å². The first-order valence-corrected chi connectivity index (χ1v) is 14.2. The Balaban J connectivity index is 1.65. The van der Waals surface area contributed by atoms with Gasteiger partial charge < -0.3 is 25.2 Å². The number of para-hydroxylation sites is 2. The lowest BCUT2D eigenvalue weighted by Crippen LogP contribution is -2.24. The molecule has 3 N–H and O–H groups in total. The average molecular weight is 561 g/mol. The maximum atomic E-state index is 12.8. The van der Waals surface area contributed by atoms with E-state index < -0.39 is 6.10 Å². The smallest absolute Gasteiger partial charge is 0.262 e. The van der Waals surface area contributed by atoms with Gasteiger partial charge in [-0.05, 0) is 65.1 Å². The van der Waals surface area contributed by atoms with Crippen molar-refractivity contribution in [3.63, 3.8) is 0 Å². The molecule has 3 aromatic rings. The highest BCUT2D eigenvalue weighted by atomic mass is 16.5. The molecule has 7 nitrogen and oxygen atoms in total. The van der Waals surface area contributed by atoms with E-state index in [4.69, 9.17) is 9.47 Å². The van der Waals surface area contributed by atoms with Crippen molar-refractivity contribution in [2.75, 3.05) is 24.4 Å². The van der Waals surface area contributed by atoms with Crippen LogP contribution in [0.25, 0.3) is 0 Å². The molecule has 0 aliphatic heterocycles. The molecule has 41 heavy (non-hydrogen) atoms. The third-order valence-electron chi connectivity index (χ3n) is 7.93. The molecule has 0 radical (unpaired) electrons. The first-order chi connectivity index (χ1) is 19.4. The number of hydrogen-bond donors (Lipinski definition) is 3. The zero-order valence-corrected chi connectivity index (χ0v) is 25.3. The highest BCUT2D eigenvalue weighted by molar-refractivity contribution is 5.93. The normalized spacial score (nSPS) is 12.4. The summed E-state index contributed by atoms with van der Waals surface area (Å²) in [5, 5.41) is 16.3. The zero-order valence-electron chi connectivity index (χ0n) is 25.3. The lowest BCUT2D eigenvalue weighted by molar-refractivity contribution is -0.119. The number of aliphatic hydroxyl groups is 1. The second kappa shape index (κ2) is 13.7. The molecule has 0 spiro atoms. The average Bonchev–Trinajstić information content (AvgIpc) is 2.96. The predicted molar refractivity (Wildman–Crippen MR) is 165 cm³/mol. The SMILES string of the molecule is CCC(C)(C)c1ccc(OCC(=O)Nc2cccc(C(O)CC(=O)Nc3ccccc3OC)c2)c(C(C)(C)CC)c1. The van der Waals surface area contributed by atoms with Crippen LogP contribution in [0.1, 0.15) is 83.6 Å². The number of amides is 2. The van der Waals surface area contributed by atoms with E-state index in [1.807, 2.05) is 12.1 Å². The standard InChI is InChI=1S/C34H44N2O5/c1-8-33(3,4)24-17-18-29(26(20-24)34(5,6)9-2)41-22-32(39)35-25-14-12-13-23(19-25)28(37)21-31(38)36-27-15-10-11-16-30(27)40-7/h10-20,28,37H,8-9,21-22H2,1-7H3,(H,35,39)(H,36,38). The minimum atomic E-state index is -1.05. The molecule has 0 aliphatic carbocycles. The molecule has 0 bridgehead atoms. The van der Waals surface area contributed by atoms with Crippen molar-refractivity contribution in [3.05, 3.63) is 83.4 Å². The third kappa shape index (κ3) is 8.33. The largest absolute Gasteiger partial charge is 0.495 e. The number of rotatable bonds is 13. The molecule has 3 aromatic carbocycles. The predicted octanol–water partition coefficient (Wildman–Crippen LogP) is 7.15. The second-order valence-corrected chi connectivity index (χ2v) is 11.6. The van der Waals surface area contributed by atoms with Crippen LogP contribution < -0.4 is 20.1 Å². The van der Waals surface area contributed by atoms with Gasteiger partial charge in [0.25, 0.3) is 5.91 Å². The highest BCUT2D eigenvalue weighted by Gasteiger charge is 2.27. The van der Waals surface area contributed by atoms with Gasteiger partial charge in [-0.1, -0.05) is 77.9 Å². The van der Waals surface area contributed by atoms with Gasteiger partial charge in [0.15, 0.2) is 6.61 Å². The molecule has 0 aliphatic rings. The van der Waals surface area contributed by atoms with Crippen LogP contribution in [0.2, 0.25) is 0 Å². The van der Waals surface area contributed by atoms with Crippen LogP contribution in [0.5, 0.6) is 11.5 Å². The lowest BCUT2D eigenvalue weighted by atomic mass is 9.76. The summed E-state index contributed by atoms with van der Waals surface area (Å²) in [4.78, 5) is 25.4. The number of nitrogens with one attached hydrogen (secondary N) is 2. The minimum Gasteiger partial charge on any atom is -0.495 e. The van der Waals surface area contributed by atoms with E-state index in [1.165, 1.54) is 12.7 Å². The number of carbonyl (C=O) groups excluding carboxylic acids is 2. The summed E-state index contributed by atoms with van der Waals surface area (Å²) in [5.74, 6) is 0.564. The maximum absolute atomic E-state index is 12.8. The van der Waals surface area contributed by atoms with E-state index in [9.17, 15) is 14.7 Å². The summed E-state index contributed by atoms with van der Waals surface area (Å²) in [5.41, 5.74) is 3.81. The Morgan fingerprint density at radius 1 is 0.829 bits per heavy atom. The van der Waals surface area contributed by atoms with Crippen molar-refractivity contribution >= 4 is 23.2 Å². The van der Waals surface area contributed by atoms with Gasteiger partial charge in [-0.25, -0.2) is 0 Å². The summed E-state index contributed by atoms with van der Waals surface area (Å²) in [7, 11) is 1.53. The highest BCUT2D eigenvalue weighted by Crippen LogP contribution is 2.38. The molecule has 7 heteroatoms. The quantitative estimate of drug-likeness (QED) is 0.206. The summed E-state index contributed by atoms with van der Waals surface area (Å²) in [6.07, 6.45) is 0.737. The van der Waals surface area contributed by atoms with Crippen LogP contribution in [0, 0.1) is 0 Å². The Labute approximate surface area is 244 Å². The molecule has 0 saturated carbocycles. The summed E-state index contributed by atoms with van der Waals surface area (Å²) in [6, 6.07) is 20.2. The van der Waals surface area contributed by atoms with Crippen molar-refractivity contribution < 1.29 is 24.2 Å². The molecule has 0 saturated heterocycles. The van der Waals surface area contributed by atoms with Crippen LogP contribution in [0.15, 0.2) is 66.7 Å². The Hall–Kier alpha value is -3.84. The molecule has 1 unspecified atom stereocenters. The Morgan fingerprint density at radius 2 is 1.54 bits per heavy atom. The minimum absolute atomic E-state index is 0.0408. The van der Waals surface area contributed by atoms with E-state index in [-0.39, 0.29) is 35.7 Å². The van der Waals surface area contributed by atoms with Crippen molar-refractivity contribution in [2.45, 2.75) is 77.7 Å². The number of methoxy groups -OCH3 is 1. The zero-order chi connectivity index (χ0) is 30.2. The third-order valence-corrected chi connectivity index (χ3v) is 7.93. The molecule has 2 amide bonds. The molecular formula is C34H44N2O5. The summed E-state index contributed by atoms with van der Waals surface area (Å²) in [6.45, 7) is 13.0. The molecule has 0 fully saturated rings. The molecule has 1 atom stereocenters. The van der Waals surface area contributed by atoms with E-state index in [0.717, 1.165) is 18.4 Å². The number of anilines is 2. The molecule has 0 aromatic heterocycles. The van der Waals surface area contributed by atoms with Gasteiger partial charge in [0.2, 0.25) is 5.91 Å². The van der Waals surface area contributed by atoms with Gasteiger partial charge in [-0.3, -0.25) is 9.59 Å². The number of aliphatic hydroxyl groups excluding tert-OH is 1. The van der Waals surface area contributed by atoms with E-state index in [1.54, 1.807) is 42.5 Å². The second-order valence-electron chi connectivity index (χ2n) is 11.6. The van der Waals surface area contributed by atoms with Crippen molar-refractivity contribution in [3.8, 4) is 11.5 Å². The van der Waals surface area contributed by atoms with Crippen molar-refractivity contribution in [2.24, 2.45) is 0 Å². The van der Waals surface area contributed by atoms with Gasteiger partial charge in [-0.15, -0.1) is 0 Å². The molecule has 220 valence electrons.